The van der Waals surface area contributed by atoms with E-state index < -0.39 is 17.3 Å². The summed E-state index contributed by atoms with van der Waals surface area (Å²) >= 11 is 5.93. The minimum atomic E-state index is -0.552. The Hall–Kier alpha value is -3.07. The van der Waals surface area contributed by atoms with E-state index in [2.05, 4.69) is 22.2 Å². The molecule has 0 fully saturated rings. The molecular formula is C21H26ClN5O4. The second kappa shape index (κ2) is 10.8. The Morgan fingerprint density at radius 2 is 1.87 bits per heavy atom. The molecule has 0 saturated heterocycles. The van der Waals surface area contributed by atoms with Crippen LogP contribution in [0.1, 0.15) is 38.2 Å². The first-order valence-electron chi connectivity index (χ1n) is 10.3. The van der Waals surface area contributed by atoms with E-state index in [-0.39, 0.29) is 29.6 Å². The van der Waals surface area contributed by atoms with Gasteiger partial charge in [-0.3, -0.25) is 13.9 Å². The highest BCUT2D eigenvalue weighted by Crippen LogP contribution is 2.11. The number of aromatic amines is 1. The molecule has 2 N–H and O–H groups in total. The van der Waals surface area contributed by atoms with Crippen LogP contribution in [0.15, 0.2) is 39.9 Å². The zero-order valence-electron chi connectivity index (χ0n) is 17.4. The largest absolute Gasteiger partial charge is 0.449 e. The number of aromatic nitrogens is 4. The van der Waals surface area contributed by atoms with Gasteiger partial charge in [0.2, 0.25) is 5.28 Å². The maximum Gasteiger partial charge on any atom is 0.407 e. The molecule has 31 heavy (non-hydrogen) atoms. The minimum absolute atomic E-state index is 0.0620. The molecule has 0 bridgehead atoms. The number of rotatable bonds is 10. The zero-order chi connectivity index (χ0) is 22.2. The number of H-pyrrole nitrogens is 1. The van der Waals surface area contributed by atoms with Crippen molar-refractivity contribution < 1.29 is 9.53 Å². The lowest BCUT2D eigenvalue weighted by Gasteiger charge is -2.11. The Kier molecular flexibility index (Phi) is 7.88. The van der Waals surface area contributed by atoms with E-state index in [0.717, 1.165) is 29.4 Å². The fourth-order valence-electron chi connectivity index (χ4n) is 3.27. The first kappa shape index (κ1) is 22.6. The molecule has 0 unspecified atom stereocenters. The van der Waals surface area contributed by atoms with Crippen molar-refractivity contribution in [2.45, 2.75) is 52.2 Å². The second-order valence-electron chi connectivity index (χ2n) is 7.15. The van der Waals surface area contributed by atoms with Gasteiger partial charge >= 0.3 is 11.8 Å². The molecule has 3 rings (SSSR count). The molecule has 9 nitrogen and oxygen atoms in total. The number of imidazole rings is 1. The van der Waals surface area contributed by atoms with E-state index in [1.165, 1.54) is 4.57 Å². The molecule has 2 aromatic heterocycles. The number of alkyl carbamates (subject to hydrolysis) is 1. The summed E-state index contributed by atoms with van der Waals surface area (Å²) < 4.78 is 7.76. The Bertz CT molecular complexity index is 1140. The summed E-state index contributed by atoms with van der Waals surface area (Å²) in [5.74, 6) is 0. The average Bonchev–Trinajstić information content (AvgIpc) is 3.16. The van der Waals surface area contributed by atoms with Crippen molar-refractivity contribution in [1.82, 2.24) is 24.4 Å². The van der Waals surface area contributed by atoms with Crippen LogP contribution in [0.3, 0.4) is 0 Å². The lowest BCUT2D eigenvalue weighted by molar-refractivity contribution is 0.142. The number of ether oxygens (including phenoxy) is 1. The lowest BCUT2D eigenvalue weighted by atomic mass is 10.2. The maximum atomic E-state index is 12.9. The highest BCUT2D eigenvalue weighted by molar-refractivity contribution is 6.28. The van der Waals surface area contributed by atoms with E-state index in [0.29, 0.717) is 19.5 Å². The van der Waals surface area contributed by atoms with Gasteiger partial charge < -0.3 is 15.0 Å². The number of fused-ring (bicyclic) bond motifs is 1. The summed E-state index contributed by atoms with van der Waals surface area (Å²) in [6.07, 6.45) is 2.51. The fourth-order valence-corrected chi connectivity index (χ4v) is 3.44. The number of halogens is 1. The van der Waals surface area contributed by atoms with Crippen LogP contribution in [0.4, 0.5) is 4.79 Å². The number of hydrogen-bond donors (Lipinski definition) is 2. The van der Waals surface area contributed by atoms with Gasteiger partial charge in [-0.1, -0.05) is 50.1 Å². The number of nitrogens with zero attached hydrogens (tertiary/aromatic N) is 3. The van der Waals surface area contributed by atoms with Gasteiger partial charge in [-0.2, -0.15) is 4.98 Å². The third kappa shape index (κ3) is 5.75. The number of aryl methyl sites for hydroxylation is 1. The predicted molar refractivity (Wildman–Crippen MR) is 118 cm³/mol. The number of nitrogens with one attached hydrogen (secondary N) is 2. The van der Waals surface area contributed by atoms with E-state index in [1.54, 1.807) is 0 Å². The van der Waals surface area contributed by atoms with Crippen LogP contribution in [-0.2, 0) is 24.4 Å². The van der Waals surface area contributed by atoms with E-state index in [9.17, 15) is 14.4 Å². The highest BCUT2D eigenvalue weighted by Gasteiger charge is 2.16. The van der Waals surface area contributed by atoms with E-state index >= 15 is 0 Å². The van der Waals surface area contributed by atoms with Crippen molar-refractivity contribution in [1.29, 1.82) is 0 Å². The Balaban J connectivity index is 1.62. The van der Waals surface area contributed by atoms with Gasteiger partial charge in [-0.15, -0.1) is 0 Å². The third-order valence-electron chi connectivity index (χ3n) is 4.86. The monoisotopic (exact) mass is 447 g/mol. The standard InChI is InChI=1S/C21H26ClN5O4/c1-2-3-7-11-26-17-16(24-19(22)25-17)18(28)27(21(26)30)12-8-13-31-20(29)23-14-15-9-5-4-6-10-15/h4-6,9-10H,2-3,7-8,11-14H2,1H3,(H,23,29)(H,24,25). The Labute approximate surface area is 184 Å². The molecule has 0 spiro atoms. The summed E-state index contributed by atoms with van der Waals surface area (Å²) in [6.45, 7) is 3.07. The fraction of sp³-hybridized carbons (Fsp3) is 0.429. The van der Waals surface area contributed by atoms with Crippen LogP contribution in [0.2, 0.25) is 5.28 Å². The smallest absolute Gasteiger partial charge is 0.407 e. The Morgan fingerprint density at radius 1 is 1.13 bits per heavy atom. The molecular weight excluding hydrogens is 422 g/mol. The molecule has 1 amide bonds. The molecule has 3 aromatic rings. The summed E-state index contributed by atoms with van der Waals surface area (Å²) in [7, 11) is 0. The SMILES string of the molecule is CCCCCn1c(=O)n(CCCOC(=O)NCc2ccccc2)c(=O)c2[nH]c(Cl)nc21. The molecule has 0 aliphatic rings. The summed E-state index contributed by atoms with van der Waals surface area (Å²) in [6, 6.07) is 9.47. The zero-order valence-corrected chi connectivity index (χ0v) is 18.2. The number of amides is 1. The van der Waals surface area contributed by atoms with Crippen molar-refractivity contribution >= 4 is 28.9 Å². The molecule has 166 valence electrons. The van der Waals surface area contributed by atoms with Gasteiger partial charge in [0.15, 0.2) is 11.2 Å². The van der Waals surface area contributed by atoms with Crippen molar-refractivity contribution in [3.8, 4) is 0 Å². The normalized spacial score (nSPS) is 11.0. The second-order valence-corrected chi connectivity index (χ2v) is 7.51. The van der Waals surface area contributed by atoms with Gasteiger partial charge in [0.25, 0.3) is 5.56 Å². The van der Waals surface area contributed by atoms with Crippen LogP contribution in [0.25, 0.3) is 11.2 Å². The number of unbranched alkanes of at least 4 members (excludes halogenated alkanes) is 2. The van der Waals surface area contributed by atoms with Crippen molar-refractivity contribution in [3.05, 3.63) is 62.0 Å². The molecule has 0 radical (unpaired) electrons. The summed E-state index contributed by atoms with van der Waals surface area (Å²) in [5, 5.41) is 2.72. The van der Waals surface area contributed by atoms with Gasteiger partial charge in [0, 0.05) is 19.6 Å². The summed E-state index contributed by atoms with van der Waals surface area (Å²) in [4.78, 5) is 44.3. The first-order chi connectivity index (χ1) is 15.0. The third-order valence-corrected chi connectivity index (χ3v) is 5.04. The van der Waals surface area contributed by atoms with E-state index in [1.807, 2.05) is 30.3 Å². The van der Waals surface area contributed by atoms with Gasteiger partial charge in [-0.25, -0.2) is 9.59 Å². The number of benzene rings is 1. The van der Waals surface area contributed by atoms with Crippen LogP contribution in [-0.4, -0.2) is 31.8 Å². The van der Waals surface area contributed by atoms with Gasteiger partial charge in [-0.05, 0) is 30.0 Å². The lowest BCUT2D eigenvalue weighted by Crippen LogP contribution is -2.40. The number of hydrogen-bond acceptors (Lipinski definition) is 5. The van der Waals surface area contributed by atoms with Crippen LogP contribution >= 0.6 is 11.6 Å². The van der Waals surface area contributed by atoms with Crippen LogP contribution < -0.4 is 16.6 Å². The van der Waals surface area contributed by atoms with E-state index in [4.69, 9.17) is 16.3 Å². The minimum Gasteiger partial charge on any atom is -0.449 e. The van der Waals surface area contributed by atoms with Gasteiger partial charge in [0.05, 0.1) is 6.61 Å². The average molecular weight is 448 g/mol. The summed E-state index contributed by atoms with van der Waals surface area (Å²) in [5.41, 5.74) is 0.498. The van der Waals surface area contributed by atoms with Crippen molar-refractivity contribution in [2.75, 3.05) is 6.61 Å². The van der Waals surface area contributed by atoms with Crippen LogP contribution in [0, 0.1) is 0 Å². The van der Waals surface area contributed by atoms with Crippen LogP contribution in [0.5, 0.6) is 0 Å². The highest BCUT2D eigenvalue weighted by atomic mass is 35.5. The molecule has 0 atom stereocenters. The molecule has 1 aromatic carbocycles. The van der Waals surface area contributed by atoms with Crippen molar-refractivity contribution in [2.24, 2.45) is 0 Å². The molecule has 10 heteroatoms. The Morgan fingerprint density at radius 3 is 2.61 bits per heavy atom. The van der Waals surface area contributed by atoms with Crippen molar-refractivity contribution in [3.63, 3.8) is 0 Å². The molecule has 0 aliphatic heterocycles. The maximum absolute atomic E-state index is 12.9. The quantitative estimate of drug-likeness (QED) is 0.366. The number of carbonyl (C=O) groups excluding carboxylic acids is 1. The predicted octanol–water partition coefficient (Wildman–Crippen LogP) is 3.05. The first-order valence-corrected chi connectivity index (χ1v) is 10.7. The number of carbonyl (C=O) groups is 1. The molecule has 0 aliphatic carbocycles. The molecule has 0 saturated carbocycles. The van der Waals surface area contributed by atoms with Gasteiger partial charge in [0.1, 0.15) is 0 Å². The molecule has 2 heterocycles. The topological polar surface area (TPSA) is 111 Å².